The van der Waals surface area contributed by atoms with Crippen molar-refractivity contribution >= 4 is 11.9 Å². The molecule has 1 atom stereocenters. The fraction of sp³-hybridized carbons (Fsp3) is 0.913. The molecule has 5 heteroatoms. The Bertz CT molecular complexity index is 386. The van der Waals surface area contributed by atoms with Gasteiger partial charge in [-0.15, -0.1) is 0 Å². The zero-order valence-electron chi connectivity index (χ0n) is 19.1. The van der Waals surface area contributed by atoms with Gasteiger partial charge in [0.1, 0.15) is 0 Å². The molecule has 0 radical (unpaired) electrons. The molecule has 0 aromatic carbocycles. The number of carbonyl (C=O) groups is 2. The van der Waals surface area contributed by atoms with Crippen molar-refractivity contribution in [3.63, 3.8) is 0 Å². The monoisotopic (exact) mass is 398 g/mol. The van der Waals surface area contributed by atoms with Crippen molar-refractivity contribution < 1.29 is 14.3 Å². The number of likely N-dealkylation sites (N-methyl/N-ethyl adjacent to an activating group) is 1. The van der Waals surface area contributed by atoms with Gasteiger partial charge in [0.2, 0.25) is 5.91 Å². The summed E-state index contributed by atoms with van der Waals surface area (Å²) in [4.78, 5) is 25.4. The van der Waals surface area contributed by atoms with E-state index in [-0.39, 0.29) is 18.4 Å². The summed E-state index contributed by atoms with van der Waals surface area (Å²) in [6.45, 7) is 4.39. The van der Waals surface area contributed by atoms with E-state index >= 15 is 0 Å². The van der Waals surface area contributed by atoms with Gasteiger partial charge in [-0.3, -0.25) is 14.5 Å². The minimum Gasteiger partial charge on any atom is -0.441 e. The van der Waals surface area contributed by atoms with E-state index in [9.17, 15) is 9.59 Å². The first-order valence-corrected chi connectivity index (χ1v) is 11.6. The van der Waals surface area contributed by atoms with Gasteiger partial charge < -0.3 is 10.1 Å². The third-order valence-electron chi connectivity index (χ3n) is 4.92. The molecule has 1 amide bonds. The molecule has 0 aromatic rings. The van der Waals surface area contributed by atoms with Crippen LogP contribution in [0.15, 0.2) is 0 Å². The van der Waals surface area contributed by atoms with Gasteiger partial charge >= 0.3 is 5.97 Å². The van der Waals surface area contributed by atoms with E-state index in [0.717, 1.165) is 12.8 Å². The topological polar surface area (TPSA) is 58.6 Å². The number of hydrogen-bond donors (Lipinski definition) is 1. The molecule has 0 rings (SSSR count). The molecule has 0 bridgehead atoms. The summed E-state index contributed by atoms with van der Waals surface area (Å²) in [6.07, 6.45) is 17.4. The third kappa shape index (κ3) is 18.3. The molecule has 28 heavy (non-hydrogen) atoms. The zero-order valence-corrected chi connectivity index (χ0v) is 19.1. The Labute approximate surface area is 174 Å². The van der Waals surface area contributed by atoms with Crippen molar-refractivity contribution in [2.24, 2.45) is 0 Å². The van der Waals surface area contributed by atoms with E-state index in [2.05, 4.69) is 12.2 Å². The smallest absolute Gasteiger partial charge is 0.322 e. The summed E-state index contributed by atoms with van der Waals surface area (Å²) in [7, 11) is 3.63. The molecule has 1 N–H and O–H groups in total. The summed E-state index contributed by atoms with van der Waals surface area (Å²) in [6, 6.07) is 0. The van der Waals surface area contributed by atoms with Crippen molar-refractivity contribution in [1.82, 2.24) is 10.2 Å². The summed E-state index contributed by atoms with van der Waals surface area (Å²) < 4.78 is 5.29. The number of carbonyl (C=O) groups excluding carboxylic acids is 2. The van der Waals surface area contributed by atoms with Crippen LogP contribution in [0.5, 0.6) is 0 Å². The lowest BCUT2D eigenvalue weighted by Crippen LogP contribution is -2.39. The number of esters is 1. The normalized spacial score (nSPS) is 12.2. The molecule has 0 aliphatic carbocycles. The Kier molecular flexibility index (Phi) is 18.5. The van der Waals surface area contributed by atoms with Gasteiger partial charge in [-0.05, 0) is 20.5 Å². The van der Waals surface area contributed by atoms with E-state index in [0.29, 0.717) is 12.8 Å². The van der Waals surface area contributed by atoms with Crippen LogP contribution in [0.1, 0.15) is 110 Å². The van der Waals surface area contributed by atoms with Gasteiger partial charge in [-0.25, -0.2) is 0 Å². The standard InChI is InChI=1S/C23H46N2O3/c1-5-7-8-9-10-11-12-13-14-15-16-17-18-19-21(26)24-22(6-2)28-23(27)20-25(3)4/h22H,5-20H2,1-4H3,(H,24,26). The highest BCUT2D eigenvalue weighted by Crippen LogP contribution is 2.13. The lowest BCUT2D eigenvalue weighted by Gasteiger charge is -2.19. The molecule has 0 spiro atoms. The maximum atomic E-state index is 12.0. The predicted octanol–water partition coefficient (Wildman–Crippen LogP) is 5.42. The Hall–Kier alpha value is -1.10. The fourth-order valence-corrected chi connectivity index (χ4v) is 3.22. The summed E-state index contributed by atoms with van der Waals surface area (Å²) >= 11 is 0. The van der Waals surface area contributed by atoms with Crippen LogP contribution in [-0.4, -0.2) is 43.6 Å². The Balaban J connectivity index is 3.52. The van der Waals surface area contributed by atoms with Gasteiger partial charge in [0.15, 0.2) is 6.23 Å². The Morgan fingerprint density at radius 1 is 0.786 bits per heavy atom. The third-order valence-corrected chi connectivity index (χ3v) is 4.92. The van der Waals surface area contributed by atoms with Crippen LogP contribution >= 0.6 is 0 Å². The number of hydrogen-bond acceptors (Lipinski definition) is 4. The summed E-state index contributed by atoms with van der Waals surface area (Å²) in [5, 5.41) is 2.81. The largest absolute Gasteiger partial charge is 0.441 e. The number of nitrogens with zero attached hydrogens (tertiary/aromatic N) is 1. The highest BCUT2D eigenvalue weighted by Gasteiger charge is 2.15. The first kappa shape index (κ1) is 26.9. The van der Waals surface area contributed by atoms with Gasteiger partial charge in [0.05, 0.1) is 6.54 Å². The van der Waals surface area contributed by atoms with Gasteiger partial charge in [-0.2, -0.15) is 0 Å². The van der Waals surface area contributed by atoms with E-state index < -0.39 is 6.23 Å². The Morgan fingerprint density at radius 3 is 1.68 bits per heavy atom. The molecule has 0 fully saturated rings. The fourth-order valence-electron chi connectivity index (χ4n) is 3.22. The number of unbranched alkanes of at least 4 members (excludes halogenated alkanes) is 12. The Morgan fingerprint density at radius 2 is 1.25 bits per heavy atom. The minimum atomic E-state index is -0.512. The molecule has 166 valence electrons. The lowest BCUT2D eigenvalue weighted by molar-refractivity contribution is -0.153. The molecule has 0 saturated carbocycles. The molecule has 0 aromatic heterocycles. The van der Waals surface area contributed by atoms with Crippen LogP contribution in [0.25, 0.3) is 0 Å². The molecule has 0 aliphatic heterocycles. The second-order valence-corrected chi connectivity index (χ2v) is 8.18. The van der Waals surface area contributed by atoms with E-state index in [1.54, 1.807) is 4.90 Å². The molecular weight excluding hydrogens is 352 g/mol. The molecule has 1 unspecified atom stereocenters. The average molecular weight is 399 g/mol. The maximum Gasteiger partial charge on any atom is 0.322 e. The van der Waals surface area contributed by atoms with E-state index in [4.69, 9.17) is 4.74 Å². The predicted molar refractivity (Wildman–Crippen MR) is 117 cm³/mol. The number of ether oxygens (including phenoxy) is 1. The molecule has 0 aliphatic rings. The number of amides is 1. The maximum absolute atomic E-state index is 12.0. The van der Waals surface area contributed by atoms with Gasteiger partial charge in [-0.1, -0.05) is 90.9 Å². The van der Waals surface area contributed by atoms with E-state index in [1.807, 2.05) is 21.0 Å². The second-order valence-electron chi connectivity index (χ2n) is 8.18. The number of rotatable bonds is 19. The van der Waals surface area contributed by atoms with Gasteiger partial charge in [0.25, 0.3) is 0 Å². The molecule has 0 heterocycles. The van der Waals surface area contributed by atoms with Crippen LogP contribution in [0.2, 0.25) is 0 Å². The van der Waals surface area contributed by atoms with Gasteiger partial charge in [0, 0.05) is 12.8 Å². The van der Waals surface area contributed by atoms with Crippen molar-refractivity contribution in [3.05, 3.63) is 0 Å². The summed E-state index contributed by atoms with van der Waals surface area (Å²) in [5.74, 6) is -0.328. The zero-order chi connectivity index (χ0) is 21.0. The highest BCUT2D eigenvalue weighted by molar-refractivity contribution is 5.77. The second kappa shape index (κ2) is 19.2. The summed E-state index contributed by atoms with van der Waals surface area (Å²) in [5.41, 5.74) is 0. The highest BCUT2D eigenvalue weighted by atomic mass is 16.6. The molecule has 0 saturated heterocycles. The van der Waals surface area contributed by atoms with E-state index in [1.165, 1.54) is 70.6 Å². The van der Waals surface area contributed by atoms with Crippen LogP contribution < -0.4 is 5.32 Å². The van der Waals surface area contributed by atoms with Crippen LogP contribution in [-0.2, 0) is 14.3 Å². The van der Waals surface area contributed by atoms with Crippen molar-refractivity contribution in [2.75, 3.05) is 20.6 Å². The van der Waals surface area contributed by atoms with Crippen molar-refractivity contribution in [2.45, 2.75) is 116 Å². The molecule has 5 nitrogen and oxygen atoms in total. The number of nitrogens with one attached hydrogen (secondary N) is 1. The minimum absolute atomic E-state index is 0.0208. The first-order valence-electron chi connectivity index (χ1n) is 11.6. The molecular formula is C23H46N2O3. The SMILES string of the molecule is CCCCCCCCCCCCCCCC(=O)NC(CC)OC(=O)CN(C)C. The van der Waals surface area contributed by atoms with Crippen molar-refractivity contribution in [3.8, 4) is 0 Å². The van der Waals surface area contributed by atoms with Crippen LogP contribution in [0.3, 0.4) is 0 Å². The quantitative estimate of drug-likeness (QED) is 0.179. The average Bonchev–Trinajstić information content (AvgIpc) is 2.64. The lowest BCUT2D eigenvalue weighted by atomic mass is 10.0. The van der Waals surface area contributed by atoms with Crippen LogP contribution in [0.4, 0.5) is 0 Å². The van der Waals surface area contributed by atoms with Crippen LogP contribution in [0, 0.1) is 0 Å². The van der Waals surface area contributed by atoms with Crippen molar-refractivity contribution in [1.29, 1.82) is 0 Å². The first-order chi connectivity index (χ1) is 13.5.